The summed E-state index contributed by atoms with van der Waals surface area (Å²) in [5, 5.41) is 2.79. The Bertz CT molecular complexity index is 494. The number of aromatic nitrogens is 1. The first-order valence-electron chi connectivity index (χ1n) is 5.29. The van der Waals surface area contributed by atoms with Crippen molar-refractivity contribution in [1.82, 2.24) is 10.3 Å². The van der Waals surface area contributed by atoms with Crippen molar-refractivity contribution in [2.75, 3.05) is 5.73 Å². The Hall–Kier alpha value is -2.36. The number of hydrogen-bond acceptors (Lipinski definition) is 3. The van der Waals surface area contributed by atoms with Gasteiger partial charge in [-0.2, -0.15) is 0 Å². The first-order valence-corrected chi connectivity index (χ1v) is 5.29. The molecule has 0 unspecified atom stereocenters. The number of benzene rings is 1. The lowest BCUT2D eigenvalue weighted by atomic mass is 10.2. The number of carbonyl (C=O) groups excluding carboxylic acids is 1. The quantitative estimate of drug-likeness (QED) is 0.782. The van der Waals surface area contributed by atoms with E-state index in [0.29, 0.717) is 17.8 Å². The normalized spacial score (nSPS) is 9.88. The highest BCUT2D eigenvalue weighted by atomic mass is 16.1. The van der Waals surface area contributed by atoms with E-state index >= 15 is 0 Å². The van der Waals surface area contributed by atoms with Gasteiger partial charge in [0.2, 0.25) is 0 Å². The Balaban J connectivity index is 1.96. The number of nitrogens with two attached hydrogens (primary N) is 1. The van der Waals surface area contributed by atoms with E-state index in [1.54, 1.807) is 30.5 Å². The van der Waals surface area contributed by atoms with Gasteiger partial charge in [-0.05, 0) is 36.4 Å². The van der Waals surface area contributed by atoms with E-state index in [1.165, 1.54) is 0 Å². The zero-order valence-corrected chi connectivity index (χ0v) is 9.26. The van der Waals surface area contributed by atoms with Crippen LogP contribution in [0.1, 0.15) is 16.1 Å². The van der Waals surface area contributed by atoms with Crippen LogP contribution in [-0.2, 0) is 6.54 Å². The van der Waals surface area contributed by atoms with Gasteiger partial charge >= 0.3 is 0 Å². The summed E-state index contributed by atoms with van der Waals surface area (Å²) in [6, 6.07) is 12.4. The molecule has 2 rings (SSSR count). The van der Waals surface area contributed by atoms with Crippen LogP contribution in [-0.4, -0.2) is 10.9 Å². The van der Waals surface area contributed by atoms with Gasteiger partial charge in [0.05, 0.1) is 12.2 Å². The Morgan fingerprint density at radius 1 is 1.18 bits per heavy atom. The summed E-state index contributed by atoms with van der Waals surface area (Å²) in [7, 11) is 0. The van der Waals surface area contributed by atoms with Gasteiger partial charge in [0.1, 0.15) is 0 Å². The van der Waals surface area contributed by atoms with Crippen LogP contribution in [0, 0.1) is 0 Å². The lowest BCUT2D eigenvalue weighted by Crippen LogP contribution is -2.23. The van der Waals surface area contributed by atoms with Gasteiger partial charge in [0, 0.05) is 17.4 Å². The zero-order valence-electron chi connectivity index (χ0n) is 9.26. The molecule has 17 heavy (non-hydrogen) atoms. The van der Waals surface area contributed by atoms with E-state index in [1.807, 2.05) is 18.2 Å². The van der Waals surface area contributed by atoms with Crippen molar-refractivity contribution in [2.45, 2.75) is 6.54 Å². The minimum atomic E-state index is -0.129. The maximum Gasteiger partial charge on any atom is 0.251 e. The molecule has 4 heteroatoms. The number of nitrogen functional groups attached to an aromatic ring is 1. The number of nitrogens with zero attached hydrogens (tertiary/aromatic N) is 1. The first kappa shape index (κ1) is 11.1. The monoisotopic (exact) mass is 227 g/mol. The lowest BCUT2D eigenvalue weighted by Gasteiger charge is -2.04. The summed E-state index contributed by atoms with van der Waals surface area (Å²) in [6.07, 6.45) is 1.70. The molecule has 0 saturated carbocycles. The predicted molar refractivity (Wildman–Crippen MR) is 66.3 cm³/mol. The topological polar surface area (TPSA) is 68.0 Å². The lowest BCUT2D eigenvalue weighted by molar-refractivity contribution is 0.0950. The Kier molecular flexibility index (Phi) is 3.35. The third kappa shape index (κ3) is 3.04. The van der Waals surface area contributed by atoms with E-state index in [-0.39, 0.29) is 5.91 Å². The van der Waals surface area contributed by atoms with Crippen LogP contribution < -0.4 is 11.1 Å². The largest absolute Gasteiger partial charge is 0.399 e. The molecule has 0 atom stereocenters. The molecule has 0 saturated heterocycles. The van der Waals surface area contributed by atoms with Gasteiger partial charge in [-0.3, -0.25) is 9.78 Å². The van der Waals surface area contributed by atoms with E-state index in [2.05, 4.69) is 10.3 Å². The van der Waals surface area contributed by atoms with Gasteiger partial charge in [0.25, 0.3) is 5.91 Å². The maximum atomic E-state index is 11.7. The van der Waals surface area contributed by atoms with Crippen LogP contribution in [0.4, 0.5) is 5.69 Å². The van der Waals surface area contributed by atoms with Crippen LogP contribution >= 0.6 is 0 Å². The summed E-state index contributed by atoms with van der Waals surface area (Å²) < 4.78 is 0. The van der Waals surface area contributed by atoms with Gasteiger partial charge in [0.15, 0.2) is 0 Å². The Morgan fingerprint density at radius 2 is 1.94 bits per heavy atom. The summed E-state index contributed by atoms with van der Waals surface area (Å²) in [5.41, 5.74) is 7.62. The molecule has 0 aliphatic heterocycles. The van der Waals surface area contributed by atoms with Crippen molar-refractivity contribution < 1.29 is 4.79 Å². The molecule has 1 aromatic heterocycles. The molecule has 4 nitrogen and oxygen atoms in total. The molecule has 1 aromatic carbocycles. The second-order valence-electron chi connectivity index (χ2n) is 3.63. The van der Waals surface area contributed by atoms with Gasteiger partial charge in [-0.1, -0.05) is 6.07 Å². The molecule has 0 bridgehead atoms. The number of rotatable bonds is 3. The number of anilines is 1. The SMILES string of the molecule is Nc1ccc(C(=O)NCc2ccccn2)cc1. The van der Waals surface area contributed by atoms with Crippen LogP contribution in [0.2, 0.25) is 0 Å². The van der Waals surface area contributed by atoms with E-state index in [0.717, 1.165) is 5.69 Å². The second-order valence-corrected chi connectivity index (χ2v) is 3.63. The summed E-state index contributed by atoms with van der Waals surface area (Å²) in [6.45, 7) is 0.421. The smallest absolute Gasteiger partial charge is 0.251 e. The van der Waals surface area contributed by atoms with E-state index < -0.39 is 0 Å². The zero-order chi connectivity index (χ0) is 12.1. The molecular formula is C13H13N3O. The minimum absolute atomic E-state index is 0.129. The van der Waals surface area contributed by atoms with E-state index in [4.69, 9.17) is 5.73 Å². The molecule has 1 amide bonds. The third-order valence-electron chi connectivity index (χ3n) is 2.33. The Labute approximate surface area is 99.5 Å². The highest BCUT2D eigenvalue weighted by Gasteiger charge is 2.04. The fourth-order valence-electron chi connectivity index (χ4n) is 1.41. The highest BCUT2D eigenvalue weighted by molar-refractivity contribution is 5.94. The number of hydrogen-bond donors (Lipinski definition) is 2. The number of carbonyl (C=O) groups is 1. The number of amides is 1. The van der Waals surface area contributed by atoms with Crippen LogP contribution in [0.25, 0.3) is 0 Å². The van der Waals surface area contributed by atoms with Crippen molar-refractivity contribution in [2.24, 2.45) is 0 Å². The molecule has 3 N–H and O–H groups in total. The third-order valence-corrected chi connectivity index (χ3v) is 2.33. The average molecular weight is 227 g/mol. The number of nitrogens with one attached hydrogen (secondary N) is 1. The van der Waals surface area contributed by atoms with Crippen LogP contribution in [0.15, 0.2) is 48.7 Å². The average Bonchev–Trinajstić information content (AvgIpc) is 2.38. The Morgan fingerprint density at radius 3 is 2.59 bits per heavy atom. The van der Waals surface area contributed by atoms with Crippen LogP contribution in [0.3, 0.4) is 0 Å². The molecule has 86 valence electrons. The van der Waals surface area contributed by atoms with Crippen molar-refractivity contribution in [3.63, 3.8) is 0 Å². The first-order chi connectivity index (χ1) is 8.25. The van der Waals surface area contributed by atoms with Gasteiger partial charge in [-0.15, -0.1) is 0 Å². The summed E-state index contributed by atoms with van der Waals surface area (Å²) in [5.74, 6) is -0.129. The maximum absolute atomic E-state index is 11.7. The predicted octanol–water partition coefficient (Wildman–Crippen LogP) is 1.59. The van der Waals surface area contributed by atoms with Crippen LogP contribution in [0.5, 0.6) is 0 Å². The molecule has 0 aliphatic carbocycles. The highest BCUT2D eigenvalue weighted by Crippen LogP contribution is 2.05. The molecular weight excluding hydrogens is 214 g/mol. The van der Waals surface area contributed by atoms with Crippen molar-refractivity contribution in [3.05, 3.63) is 59.9 Å². The summed E-state index contributed by atoms with van der Waals surface area (Å²) in [4.78, 5) is 15.9. The molecule has 0 fully saturated rings. The molecule has 2 aromatic rings. The number of pyridine rings is 1. The standard InChI is InChI=1S/C13H13N3O/c14-11-6-4-10(5-7-11)13(17)16-9-12-3-1-2-8-15-12/h1-8H,9,14H2,(H,16,17). The molecule has 0 aliphatic rings. The van der Waals surface area contributed by atoms with E-state index in [9.17, 15) is 4.79 Å². The molecule has 1 heterocycles. The van der Waals surface area contributed by atoms with Gasteiger partial charge in [-0.25, -0.2) is 0 Å². The van der Waals surface area contributed by atoms with Crippen molar-refractivity contribution in [1.29, 1.82) is 0 Å². The molecule has 0 spiro atoms. The fourth-order valence-corrected chi connectivity index (χ4v) is 1.41. The molecule has 0 radical (unpaired) electrons. The van der Waals surface area contributed by atoms with Crippen molar-refractivity contribution in [3.8, 4) is 0 Å². The fraction of sp³-hybridized carbons (Fsp3) is 0.0769. The minimum Gasteiger partial charge on any atom is -0.399 e. The summed E-state index contributed by atoms with van der Waals surface area (Å²) >= 11 is 0. The second kappa shape index (κ2) is 5.12. The van der Waals surface area contributed by atoms with Crippen molar-refractivity contribution >= 4 is 11.6 Å². The van der Waals surface area contributed by atoms with Gasteiger partial charge < -0.3 is 11.1 Å².